The molecule has 92 valence electrons. The number of anilines is 1. The number of hydrogen-bond acceptors (Lipinski definition) is 2. The number of halogens is 1. The van der Waals surface area contributed by atoms with Crippen LogP contribution in [-0.2, 0) is 4.79 Å². The van der Waals surface area contributed by atoms with E-state index in [1.165, 1.54) is 18.2 Å². The fourth-order valence-corrected chi connectivity index (χ4v) is 1.36. The van der Waals surface area contributed by atoms with E-state index in [0.29, 0.717) is 5.56 Å². The summed E-state index contributed by atoms with van der Waals surface area (Å²) in [6, 6.07) is 4.73. The van der Waals surface area contributed by atoms with Gasteiger partial charge in [-0.1, -0.05) is 0 Å². The van der Waals surface area contributed by atoms with E-state index in [1.54, 1.807) is 6.07 Å². The zero-order valence-electron chi connectivity index (χ0n) is 10.1. The number of carbonyl (C=O) groups is 1. The van der Waals surface area contributed by atoms with Crippen LogP contribution in [0, 0.1) is 5.82 Å². The van der Waals surface area contributed by atoms with Crippen LogP contribution in [0.15, 0.2) is 24.3 Å². The number of carboxylic acids is 1. The molecule has 0 aliphatic carbocycles. The van der Waals surface area contributed by atoms with Crippen molar-refractivity contribution >= 4 is 17.7 Å². The number of benzene rings is 1. The van der Waals surface area contributed by atoms with Gasteiger partial charge in [0.05, 0.1) is 0 Å². The summed E-state index contributed by atoms with van der Waals surface area (Å²) in [7, 11) is 1.87. The molecule has 17 heavy (non-hydrogen) atoms. The minimum Gasteiger partial charge on any atom is -0.478 e. The van der Waals surface area contributed by atoms with E-state index in [-0.39, 0.29) is 11.9 Å². The SMILES string of the molecule is CC(C)N(C)c1cc(F)cc(/C=C/C(=O)O)c1. The molecule has 4 heteroatoms. The van der Waals surface area contributed by atoms with Crippen LogP contribution in [0.5, 0.6) is 0 Å². The van der Waals surface area contributed by atoms with E-state index in [2.05, 4.69) is 0 Å². The predicted octanol–water partition coefficient (Wildman–Crippen LogP) is 2.77. The molecule has 0 unspecified atom stereocenters. The summed E-state index contributed by atoms with van der Waals surface area (Å²) in [5.41, 5.74) is 1.26. The van der Waals surface area contributed by atoms with Crippen LogP contribution in [0.2, 0.25) is 0 Å². The van der Waals surface area contributed by atoms with Gasteiger partial charge in [-0.05, 0) is 43.7 Å². The number of carboxylic acid groups (broad SMARTS) is 1. The van der Waals surface area contributed by atoms with Crippen LogP contribution in [0.25, 0.3) is 6.08 Å². The lowest BCUT2D eigenvalue weighted by molar-refractivity contribution is -0.131. The second-order valence-electron chi connectivity index (χ2n) is 4.12. The van der Waals surface area contributed by atoms with Crippen molar-refractivity contribution in [2.45, 2.75) is 19.9 Å². The van der Waals surface area contributed by atoms with E-state index in [4.69, 9.17) is 5.11 Å². The Hall–Kier alpha value is -1.84. The smallest absolute Gasteiger partial charge is 0.328 e. The average molecular weight is 237 g/mol. The van der Waals surface area contributed by atoms with Crippen LogP contribution in [0.4, 0.5) is 10.1 Å². The second-order valence-corrected chi connectivity index (χ2v) is 4.12. The van der Waals surface area contributed by atoms with Crippen LogP contribution < -0.4 is 4.90 Å². The molecular formula is C13H16FNO2. The highest BCUT2D eigenvalue weighted by Gasteiger charge is 2.07. The Labute approximate surface area is 100 Å². The third-order valence-corrected chi connectivity index (χ3v) is 2.51. The summed E-state index contributed by atoms with van der Waals surface area (Å²) in [6.07, 6.45) is 2.37. The number of rotatable bonds is 4. The molecule has 0 amide bonds. The maximum Gasteiger partial charge on any atom is 0.328 e. The standard InChI is InChI=1S/C13H16FNO2/c1-9(2)15(3)12-7-10(4-5-13(16)17)6-11(14)8-12/h4-9H,1-3H3,(H,16,17)/b5-4+. The topological polar surface area (TPSA) is 40.5 Å². The fraction of sp³-hybridized carbons (Fsp3) is 0.308. The lowest BCUT2D eigenvalue weighted by atomic mass is 10.1. The Morgan fingerprint density at radius 1 is 1.41 bits per heavy atom. The van der Waals surface area contributed by atoms with Gasteiger partial charge in [-0.25, -0.2) is 9.18 Å². The Morgan fingerprint density at radius 2 is 2.06 bits per heavy atom. The molecule has 1 aromatic rings. The highest BCUT2D eigenvalue weighted by Crippen LogP contribution is 2.20. The van der Waals surface area contributed by atoms with Crippen molar-refractivity contribution in [3.8, 4) is 0 Å². The average Bonchev–Trinajstić information content (AvgIpc) is 2.24. The van der Waals surface area contributed by atoms with Gasteiger partial charge in [0.25, 0.3) is 0 Å². The first-order valence-electron chi connectivity index (χ1n) is 5.34. The Kier molecular flexibility index (Phi) is 4.26. The Bertz CT molecular complexity index is 441. The van der Waals surface area contributed by atoms with Gasteiger partial charge in [-0.3, -0.25) is 0 Å². The maximum absolute atomic E-state index is 13.4. The quantitative estimate of drug-likeness (QED) is 0.818. The van der Waals surface area contributed by atoms with E-state index >= 15 is 0 Å². The lowest BCUT2D eigenvalue weighted by Crippen LogP contribution is -2.25. The first-order valence-corrected chi connectivity index (χ1v) is 5.34. The van der Waals surface area contributed by atoms with Crippen LogP contribution in [0.3, 0.4) is 0 Å². The molecule has 1 aromatic carbocycles. The van der Waals surface area contributed by atoms with Crippen LogP contribution in [-0.4, -0.2) is 24.2 Å². The lowest BCUT2D eigenvalue weighted by Gasteiger charge is -2.24. The molecule has 0 radical (unpaired) electrons. The van der Waals surface area contributed by atoms with Crippen molar-refractivity contribution in [1.82, 2.24) is 0 Å². The summed E-state index contributed by atoms with van der Waals surface area (Å²) in [5, 5.41) is 8.52. The molecule has 0 atom stereocenters. The molecular weight excluding hydrogens is 221 g/mol. The van der Waals surface area contributed by atoms with Crippen molar-refractivity contribution in [2.75, 3.05) is 11.9 Å². The van der Waals surface area contributed by atoms with Crippen molar-refractivity contribution < 1.29 is 14.3 Å². The first-order chi connectivity index (χ1) is 7.90. The zero-order chi connectivity index (χ0) is 13.0. The second kappa shape index (κ2) is 5.48. The van der Waals surface area contributed by atoms with Gasteiger partial charge in [0, 0.05) is 24.9 Å². The van der Waals surface area contributed by atoms with E-state index in [0.717, 1.165) is 11.8 Å². The van der Waals surface area contributed by atoms with Gasteiger partial charge in [0.2, 0.25) is 0 Å². The van der Waals surface area contributed by atoms with E-state index < -0.39 is 5.97 Å². The van der Waals surface area contributed by atoms with Crippen LogP contribution in [0.1, 0.15) is 19.4 Å². The number of hydrogen-bond donors (Lipinski definition) is 1. The molecule has 0 heterocycles. The monoisotopic (exact) mass is 237 g/mol. The first kappa shape index (κ1) is 13.2. The summed E-state index contributed by atoms with van der Waals surface area (Å²) >= 11 is 0. The highest BCUT2D eigenvalue weighted by atomic mass is 19.1. The molecule has 0 aliphatic rings. The Morgan fingerprint density at radius 3 is 2.59 bits per heavy atom. The van der Waals surface area contributed by atoms with E-state index in [9.17, 15) is 9.18 Å². The fourth-order valence-electron chi connectivity index (χ4n) is 1.36. The van der Waals surface area contributed by atoms with Crippen LogP contribution >= 0.6 is 0 Å². The molecule has 0 aliphatic heterocycles. The predicted molar refractivity (Wildman–Crippen MR) is 66.6 cm³/mol. The molecule has 0 bridgehead atoms. The molecule has 0 fully saturated rings. The molecule has 0 saturated heterocycles. The van der Waals surface area contributed by atoms with Gasteiger partial charge in [-0.15, -0.1) is 0 Å². The van der Waals surface area contributed by atoms with Crippen molar-refractivity contribution in [3.63, 3.8) is 0 Å². The highest BCUT2D eigenvalue weighted by molar-refractivity contribution is 5.85. The summed E-state index contributed by atoms with van der Waals surface area (Å²) in [6.45, 7) is 4.00. The van der Waals surface area contributed by atoms with E-state index in [1.807, 2.05) is 25.8 Å². The maximum atomic E-state index is 13.4. The molecule has 1 N–H and O–H groups in total. The summed E-state index contributed by atoms with van der Waals surface area (Å²) in [4.78, 5) is 12.3. The molecule has 0 saturated carbocycles. The third-order valence-electron chi connectivity index (χ3n) is 2.51. The minimum atomic E-state index is -1.05. The van der Waals surface area contributed by atoms with Gasteiger partial charge in [0.1, 0.15) is 5.82 Å². The van der Waals surface area contributed by atoms with Crippen molar-refractivity contribution in [1.29, 1.82) is 0 Å². The molecule has 3 nitrogen and oxygen atoms in total. The number of nitrogens with zero attached hydrogens (tertiary/aromatic N) is 1. The third kappa shape index (κ3) is 3.90. The van der Waals surface area contributed by atoms with Gasteiger partial charge in [0.15, 0.2) is 0 Å². The molecule has 0 spiro atoms. The largest absolute Gasteiger partial charge is 0.478 e. The van der Waals surface area contributed by atoms with Crippen molar-refractivity contribution in [3.05, 3.63) is 35.7 Å². The molecule has 1 rings (SSSR count). The summed E-state index contributed by atoms with van der Waals surface area (Å²) < 4.78 is 13.4. The zero-order valence-corrected chi connectivity index (χ0v) is 10.1. The Balaban J connectivity index is 3.06. The minimum absolute atomic E-state index is 0.244. The van der Waals surface area contributed by atoms with Crippen molar-refractivity contribution in [2.24, 2.45) is 0 Å². The normalized spacial score (nSPS) is 11.1. The van der Waals surface area contributed by atoms with Gasteiger partial charge >= 0.3 is 5.97 Å². The molecule has 0 aromatic heterocycles. The number of aliphatic carboxylic acids is 1. The summed E-state index contributed by atoms with van der Waals surface area (Å²) in [5.74, 6) is -1.42. The van der Waals surface area contributed by atoms with Gasteiger partial charge < -0.3 is 10.0 Å². The van der Waals surface area contributed by atoms with Gasteiger partial charge in [-0.2, -0.15) is 0 Å².